The van der Waals surface area contributed by atoms with Crippen molar-refractivity contribution in [1.82, 2.24) is 4.98 Å². The van der Waals surface area contributed by atoms with Gasteiger partial charge in [0, 0.05) is 11.6 Å². The molecular weight excluding hydrogens is 319 g/mol. The second-order valence-electron chi connectivity index (χ2n) is 4.61. The first-order chi connectivity index (χ1) is 9.65. The maximum atomic E-state index is 13.3. The van der Waals surface area contributed by atoms with Crippen molar-refractivity contribution in [1.29, 1.82) is 0 Å². The first kappa shape index (κ1) is 13.2. The number of halogens is 2. The molecule has 0 radical (unpaired) electrons. The highest BCUT2D eigenvalue weighted by Gasteiger charge is 2.11. The van der Waals surface area contributed by atoms with E-state index in [2.05, 4.69) is 20.9 Å². The molecule has 2 N–H and O–H groups in total. The van der Waals surface area contributed by atoms with Gasteiger partial charge in [-0.3, -0.25) is 4.98 Å². The van der Waals surface area contributed by atoms with E-state index in [0.717, 1.165) is 22.0 Å². The standard InChI is InChI=1S/C16H12BrFN2/c17-13-8-11(5-6-14(13)18)16(19)12-4-3-10-2-1-7-20-15(10)9-12/h1-9,16H,19H2. The van der Waals surface area contributed by atoms with Crippen LogP contribution in [0.25, 0.3) is 10.9 Å². The highest BCUT2D eigenvalue weighted by atomic mass is 79.9. The minimum Gasteiger partial charge on any atom is -0.320 e. The molecule has 1 heterocycles. The van der Waals surface area contributed by atoms with Crippen LogP contribution in [-0.4, -0.2) is 4.98 Å². The van der Waals surface area contributed by atoms with Gasteiger partial charge in [-0.05, 0) is 51.3 Å². The second kappa shape index (κ2) is 5.31. The Balaban J connectivity index is 2.02. The van der Waals surface area contributed by atoms with Gasteiger partial charge in [-0.15, -0.1) is 0 Å². The van der Waals surface area contributed by atoms with Crippen molar-refractivity contribution in [3.63, 3.8) is 0 Å². The lowest BCUT2D eigenvalue weighted by Gasteiger charge is -2.13. The molecule has 2 aromatic carbocycles. The fourth-order valence-electron chi connectivity index (χ4n) is 2.18. The summed E-state index contributed by atoms with van der Waals surface area (Å²) in [6, 6.07) is 14.4. The Kier molecular flexibility index (Phi) is 3.51. The smallest absolute Gasteiger partial charge is 0.137 e. The molecule has 0 bridgehead atoms. The van der Waals surface area contributed by atoms with Crippen molar-refractivity contribution in [2.75, 3.05) is 0 Å². The van der Waals surface area contributed by atoms with E-state index in [1.807, 2.05) is 30.3 Å². The molecule has 0 spiro atoms. The van der Waals surface area contributed by atoms with Gasteiger partial charge in [0.1, 0.15) is 5.82 Å². The zero-order chi connectivity index (χ0) is 14.1. The summed E-state index contributed by atoms with van der Waals surface area (Å²) in [5.74, 6) is -0.291. The highest BCUT2D eigenvalue weighted by Crippen LogP contribution is 2.26. The Hall–Kier alpha value is -1.78. The molecule has 0 aliphatic heterocycles. The third-order valence-electron chi connectivity index (χ3n) is 3.29. The van der Waals surface area contributed by atoms with Crippen molar-refractivity contribution in [2.24, 2.45) is 5.73 Å². The van der Waals surface area contributed by atoms with Gasteiger partial charge in [0.25, 0.3) is 0 Å². The summed E-state index contributed by atoms with van der Waals surface area (Å²) in [4.78, 5) is 4.32. The van der Waals surface area contributed by atoms with Crippen LogP contribution in [-0.2, 0) is 0 Å². The summed E-state index contributed by atoms with van der Waals surface area (Å²) >= 11 is 3.18. The molecule has 2 nitrogen and oxygen atoms in total. The van der Waals surface area contributed by atoms with Gasteiger partial charge in [0.2, 0.25) is 0 Å². The Morgan fingerprint density at radius 3 is 2.60 bits per heavy atom. The summed E-state index contributed by atoms with van der Waals surface area (Å²) < 4.78 is 13.7. The van der Waals surface area contributed by atoms with Crippen molar-refractivity contribution in [3.05, 3.63) is 76.1 Å². The monoisotopic (exact) mass is 330 g/mol. The van der Waals surface area contributed by atoms with E-state index in [-0.39, 0.29) is 11.9 Å². The maximum absolute atomic E-state index is 13.3. The predicted octanol–water partition coefficient (Wildman–Crippen LogP) is 4.18. The topological polar surface area (TPSA) is 38.9 Å². The number of hydrogen-bond acceptors (Lipinski definition) is 2. The quantitative estimate of drug-likeness (QED) is 0.765. The van der Waals surface area contributed by atoms with E-state index in [4.69, 9.17) is 5.73 Å². The molecular formula is C16H12BrFN2. The van der Waals surface area contributed by atoms with Crippen LogP contribution in [0.3, 0.4) is 0 Å². The number of fused-ring (bicyclic) bond motifs is 1. The molecule has 4 heteroatoms. The third kappa shape index (κ3) is 2.44. The Bertz CT molecular complexity index is 773. The van der Waals surface area contributed by atoms with Crippen LogP contribution < -0.4 is 5.73 Å². The van der Waals surface area contributed by atoms with E-state index in [9.17, 15) is 4.39 Å². The zero-order valence-electron chi connectivity index (χ0n) is 10.6. The predicted molar refractivity (Wildman–Crippen MR) is 81.9 cm³/mol. The van der Waals surface area contributed by atoms with Gasteiger partial charge < -0.3 is 5.73 Å². The fraction of sp³-hybridized carbons (Fsp3) is 0.0625. The molecule has 0 aliphatic rings. The SMILES string of the molecule is NC(c1ccc(F)c(Br)c1)c1ccc2cccnc2c1. The summed E-state index contributed by atoms with van der Waals surface area (Å²) in [6.45, 7) is 0. The van der Waals surface area contributed by atoms with E-state index < -0.39 is 0 Å². The molecule has 1 unspecified atom stereocenters. The number of nitrogens with two attached hydrogens (primary N) is 1. The van der Waals surface area contributed by atoms with Crippen molar-refractivity contribution in [3.8, 4) is 0 Å². The van der Waals surface area contributed by atoms with Gasteiger partial charge in [-0.25, -0.2) is 4.39 Å². The summed E-state index contributed by atoms with van der Waals surface area (Å²) in [5.41, 5.74) is 8.97. The molecule has 1 atom stereocenters. The Morgan fingerprint density at radius 1 is 1.05 bits per heavy atom. The van der Waals surface area contributed by atoms with Crippen molar-refractivity contribution < 1.29 is 4.39 Å². The van der Waals surface area contributed by atoms with Crippen LogP contribution in [0.1, 0.15) is 17.2 Å². The van der Waals surface area contributed by atoms with Crippen LogP contribution in [0.2, 0.25) is 0 Å². The lowest BCUT2D eigenvalue weighted by molar-refractivity contribution is 0.619. The minimum absolute atomic E-state index is 0.291. The molecule has 100 valence electrons. The minimum atomic E-state index is -0.307. The van der Waals surface area contributed by atoms with E-state index >= 15 is 0 Å². The van der Waals surface area contributed by atoms with Crippen LogP contribution in [0.5, 0.6) is 0 Å². The lowest BCUT2D eigenvalue weighted by atomic mass is 9.98. The highest BCUT2D eigenvalue weighted by molar-refractivity contribution is 9.10. The van der Waals surface area contributed by atoms with Gasteiger partial charge in [0.05, 0.1) is 16.0 Å². The van der Waals surface area contributed by atoms with E-state index in [1.165, 1.54) is 6.07 Å². The average molecular weight is 331 g/mol. The molecule has 0 saturated heterocycles. The van der Waals surface area contributed by atoms with Crippen molar-refractivity contribution >= 4 is 26.8 Å². The molecule has 3 aromatic rings. The van der Waals surface area contributed by atoms with Gasteiger partial charge in [0.15, 0.2) is 0 Å². The first-order valence-corrected chi connectivity index (χ1v) is 6.99. The molecule has 0 fully saturated rings. The first-order valence-electron chi connectivity index (χ1n) is 6.20. The van der Waals surface area contributed by atoms with E-state index in [0.29, 0.717) is 4.47 Å². The molecule has 0 aliphatic carbocycles. The molecule has 20 heavy (non-hydrogen) atoms. The lowest BCUT2D eigenvalue weighted by Crippen LogP contribution is -2.12. The van der Waals surface area contributed by atoms with Crippen molar-refractivity contribution in [2.45, 2.75) is 6.04 Å². The number of hydrogen-bond donors (Lipinski definition) is 1. The Labute approximate surface area is 124 Å². The number of aromatic nitrogens is 1. The number of nitrogens with zero attached hydrogens (tertiary/aromatic N) is 1. The van der Waals surface area contributed by atoms with Crippen LogP contribution >= 0.6 is 15.9 Å². The average Bonchev–Trinajstić information content (AvgIpc) is 2.49. The fourth-order valence-corrected chi connectivity index (χ4v) is 2.57. The summed E-state index contributed by atoms with van der Waals surface area (Å²) in [7, 11) is 0. The van der Waals surface area contributed by atoms with Gasteiger partial charge in [-0.1, -0.05) is 24.3 Å². The normalized spacial score (nSPS) is 12.6. The third-order valence-corrected chi connectivity index (χ3v) is 3.90. The zero-order valence-corrected chi connectivity index (χ0v) is 12.1. The van der Waals surface area contributed by atoms with E-state index in [1.54, 1.807) is 18.3 Å². The molecule has 0 saturated carbocycles. The van der Waals surface area contributed by atoms with Crippen LogP contribution in [0.4, 0.5) is 4.39 Å². The van der Waals surface area contributed by atoms with Gasteiger partial charge in [-0.2, -0.15) is 0 Å². The van der Waals surface area contributed by atoms with Gasteiger partial charge >= 0.3 is 0 Å². The molecule has 0 amide bonds. The number of pyridine rings is 1. The summed E-state index contributed by atoms with van der Waals surface area (Å²) in [6.07, 6.45) is 1.76. The summed E-state index contributed by atoms with van der Waals surface area (Å²) in [5, 5.41) is 1.07. The van der Waals surface area contributed by atoms with Crippen LogP contribution in [0.15, 0.2) is 59.2 Å². The maximum Gasteiger partial charge on any atom is 0.137 e. The number of rotatable bonds is 2. The molecule has 1 aromatic heterocycles. The second-order valence-corrected chi connectivity index (χ2v) is 5.46. The number of benzene rings is 2. The molecule has 3 rings (SSSR count). The Morgan fingerprint density at radius 2 is 1.80 bits per heavy atom. The largest absolute Gasteiger partial charge is 0.320 e. The van der Waals surface area contributed by atoms with Crippen LogP contribution in [0, 0.1) is 5.82 Å².